The lowest BCUT2D eigenvalue weighted by atomic mass is 10.0. The highest BCUT2D eigenvalue weighted by Crippen LogP contribution is 2.31. The number of hydrogen-bond acceptors (Lipinski definition) is 5. The van der Waals surface area contributed by atoms with Gasteiger partial charge in [0.2, 0.25) is 0 Å². The van der Waals surface area contributed by atoms with Gasteiger partial charge in [0.25, 0.3) is 0 Å². The molecule has 0 spiro atoms. The maximum absolute atomic E-state index is 11.6. The second kappa shape index (κ2) is 6.64. The third-order valence-corrected chi connectivity index (χ3v) is 6.43. The van der Waals surface area contributed by atoms with Crippen LogP contribution < -0.4 is 10.5 Å². The van der Waals surface area contributed by atoms with E-state index in [9.17, 15) is 8.42 Å². The van der Waals surface area contributed by atoms with E-state index in [1.54, 1.807) is 7.11 Å². The predicted octanol–water partition coefficient (Wildman–Crippen LogP) is 1.58. The summed E-state index contributed by atoms with van der Waals surface area (Å²) in [7, 11) is 0.671. The van der Waals surface area contributed by atoms with Crippen LogP contribution in [-0.2, 0) is 9.84 Å². The van der Waals surface area contributed by atoms with E-state index in [1.165, 1.54) is 0 Å². The topological polar surface area (TPSA) is 72.6 Å². The van der Waals surface area contributed by atoms with Crippen LogP contribution in [0, 0.1) is 0 Å². The fourth-order valence-corrected chi connectivity index (χ4v) is 5.12. The average molecular weight is 377 g/mol. The fraction of sp³-hybridized carbons (Fsp3) is 0.571. The molecule has 2 N–H and O–H groups in total. The van der Waals surface area contributed by atoms with Gasteiger partial charge in [0.05, 0.1) is 23.1 Å². The van der Waals surface area contributed by atoms with E-state index < -0.39 is 9.84 Å². The number of benzene rings is 1. The third-order valence-electron chi connectivity index (χ3n) is 4.06. The Morgan fingerprint density at radius 1 is 1.52 bits per heavy atom. The Hall–Kier alpha value is -0.630. The van der Waals surface area contributed by atoms with Crippen molar-refractivity contribution < 1.29 is 13.2 Å². The monoisotopic (exact) mass is 376 g/mol. The minimum absolute atomic E-state index is 0.00879. The van der Waals surface area contributed by atoms with Crippen molar-refractivity contribution in [3.63, 3.8) is 0 Å². The van der Waals surface area contributed by atoms with E-state index in [-0.39, 0.29) is 23.6 Å². The van der Waals surface area contributed by atoms with Crippen LogP contribution >= 0.6 is 15.9 Å². The SMILES string of the molecule is COc1ccc(C(CN)N(C)C2CCS(=O)(=O)C2)cc1Br. The Bertz CT molecular complexity index is 606. The van der Waals surface area contributed by atoms with E-state index in [1.807, 2.05) is 25.2 Å². The molecular formula is C14H21BrN2O3S. The normalized spacial score (nSPS) is 22.4. The van der Waals surface area contributed by atoms with Gasteiger partial charge < -0.3 is 10.5 Å². The second-order valence-electron chi connectivity index (χ2n) is 5.37. The van der Waals surface area contributed by atoms with Crippen molar-refractivity contribution in [2.45, 2.75) is 18.5 Å². The highest BCUT2D eigenvalue weighted by molar-refractivity contribution is 9.10. The number of rotatable bonds is 5. The van der Waals surface area contributed by atoms with Crippen molar-refractivity contribution in [2.24, 2.45) is 5.73 Å². The van der Waals surface area contributed by atoms with Gasteiger partial charge in [-0.15, -0.1) is 0 Å². The Morgan fingerprint density at radius 2 is 2.24 bits per heavy atom. The summed E-state index contributed by atoms with van der Waals surface area (Å²) in [6.07, 6.45) is 0.673. The van der Waals surface area contributed by atoms with Crippen LogP contribution in [0.4, 0.5) is 0 Å². The Balaban J connectivity index is 2.21. The summed E-state index contributed by atoms with van der Waals surface area (Å²) in [5.74, 6) is 1.25. The predicted molar refractivity (Wildman–Crippen MR) is 87.3 cm³/mol. The van der Waals surface area contributed by atoms with Gasteiger partial charge in [-0.05, 0) is 47.1 Å². The van der Waals surface area contributed by atoms with E-state index in [0.717, 1.165) is 15.8 Å². The largest absolute Gasteiger partial charge is 0.496 e. The molecule has 1 fully saturated rings. The first kappa shape index (κ1) is 16.7. The van der Waals surface area contributed by atoms with Crippen LogP contribution in [0.25, 0.3) is 0 Å². The zero-order valence-corrected chi connectivity index (χ0v) is 14.7. The molecule has 21 heavy (non-hydrogen) atoms. The second-order valence-corrected chi connectivity index (χ2v) is 8.45. The van der Waals surface area contributed by atoms with Gasteiger partial charge in [-0.3, -0.25) is 4.90 Å². The first-order valence-corrected chi connectivity index (χ1v) is 9.45. The molecule has 0 aromatic heterocycles. The molecular weight excluding hydrogens is 356 g/mol. The summed E-state index contributed by atoms with van der Waals surface area (Å²) in [6, 6.07) is 5.87. The standard InChI is InChI=1S/C14H21BrN2O3S/c1-17(11-5-6-21(18,19)9-11)13(8-16)10-3-4-14(20-2)12(15)7-10/h3-4,7,11,13H,5-6,8-9,16H2,1-2H3. The van der Waals surface area contributed by atoms with Crippen molar-refractivity contribution in [3.05, 3.63) is 28.2 Å². The molecule has 1 aliphatic rings. The number of likely N-dealkylation sites (N-methyl/N-ethyl adjacent to an activating group) is 1. The van der Waals surface area contributed by atoms with Gasteiger partial charge >= 0.3 is 0 Å². The maximum atomic E-state index is 11.6. The Labute approximate surface area is 134 Å². The third kappa shape index (κ3) is 3.77. The minimum atomic E-state index is -2.89. The van der Waals surface area contributed by atoms with Gasteiger partial charge in [0, 0.05) is 18.6 Å². The number of hydrogen-bond donors (Lipinski definition) is 1. The van der Waals surface area contributed by atoms with Crippen molar-refractivity contribution in [1.82, 2.24) is 4.90 Å². The van der Waals surface area contributed by atoms with Gasteiger partial charge in [-0.1, -0.05) is 6.07 Å². The molecule has 2 atom stereocenters. The molecule has 2 rings (SSSR count). The number of sulfone groups is 1. The highest BCUT2D eigenvalue weighted by atomic mass is 79.9. The number of ether oxygens (including phenoxy) is 1. The summed E-state index contributed by atoms with van der Waals surface area (Å²) >= 11 is 3.48. The number of halogens is 1. The lowest BCUT2D eigenvalue weighted by Gasteiger charge is -2.32. The molecule has 0 aliphatic carbocycles. The summed E-state index contributed by atoms with van der Waals surface area (Å²) < 4.78 is 29.4. The molecule has 0 bridgehead atoms. The molecule has 0 amide bonds. The van der Waals surface area contributed by atoms with Gasteiger partial charge in [-0.25, -0.2) is 8.42 Å². The summed E-state index contributed by atoms with van der Waals surface area (Å²) in [5.41, 5.74) is 6.98. The maximum Gasteiger partial charge on any atom is 0.151 e. The number of methoxy groups -OCH3 is 1. The quantitative estimate of drug-likeness (QED) is 0.844. The summed E-state index contributed by atoms with van der Waals surface area (Å²) in [5, 5.41) is 0. The summed E-state index contributed by atoms with van der Waals surface area (Å²) in [6.45, 7) is 0.436. The molecule has 1 aromatic rings. The molecule has 1 heterocycles. The van der Waals surface area contributed by atoms with Crippen LogP contribution in [-0.4, -0.2) is 51.6 Å². The van der Waals surface area contributed by atoms with E-state index in [4.69, 9.17) is 10.5 Å². The smallest absolute Gasteiger partial charge is 0.151 e. The zero-order valence-electron chi connectivity index (χ0n) is 12.3. The Kier molecular flexibility index (Phi) is 5.29. The highest BCUT2D eigenvalue weighted by Gasteiger charge is 2.33. The Morgan fingerprint density at radius 3 is 2.71 bits per heavy atom. The molecule has 1 aliphatic heterocycles. The van der Waals surface area contributed by atoms with E-state index >= 15 is 0 Å². The zero-order chi connectivity index (χ0) is 15.6. The molecule has 118 valence electrons. The van der Waals surface area contributed by atoms with Crippen molar-refractivity contribution in [2.75, 3.05) is 32.2 Å². The molecule has 7 heteroatoms. The molecule has 1 saturated heterocycles. The van der Waals surface area contributed by atoms with Crippen molar-refractivity contribution >= 4 is 25.8 Å². The lowest BCUT2D eigenvalue weighted by molar-refractivity contribution is 0.192. The minimum Gasteiger partial charge on any atom is -0.496 e. The van der Waals surface area contributed by atoms with Crippen LogP contribution in [0.15, 0.2) is 22.7 Å². The summed E-state index contributed by atoms with van der Waals surface area (Å²) in [4.78, 5) is 2.08. The van der Waals surface area contributed by atoms with Gasteiger partial charge in [0.1, 0.15) is 5.75 Å². The molecule has 0 saturated carbocycles. The van der Waals surface area contributed by atoms with Crippen molar-refractivity contribution in [1.29, 1.82) is 0 Å². The fourth-order valence-electron chi connectivity index (χ4n) is 2.78. The van der Waals surface area contributed by atoms with Gasteiger partial charge in [-0.2, -0.15) is 0 Å². The van der Waals surface area contributed by atoms with Crippen LogP contribution in [0.5, 0.6) is 5.75 Å². The average Bonchev–Trinajstić information content (AvgIpc) is 2.80. The van der Waals surface area contributed by atoms with E-state index in [0.29, 0.717) is 13.0 Å². The lowest BCUT2D eigenvalue weighted by Crippen LogP contribution is -2.39. The molecule has 0 radical (unpaired) electrons. The molecule has 1 aromatic carbocycles. The molecule has 5 nitrogen and oxygen atoms in total. The van der Waals surface area contributed by atoms with Crippen molar-refractivity contribution in [3.8, 4) is 5.75 Å². The van der Waals surface area contributed by atoms with Crippen LogP contribution in [0.1, 0.15) is 18.0 Å². The van der Waals surface area contributed by atoms with Crippen LogP contribution in [0.2, 0.25) is 0 Å². The number of nitrogens with zero attached hydrogens (tertiary/aromatic N) is 1. The van der Waals surface area contributed by atoms with E-state index in [2.05, 4.69) is 20.8 Å². The number of nitrogens with two attached hydrogens (primary N) is 1. The first-order valence-electron chi connectivity index (χ1n) is 6.84. The van der Waals surface area contributed by atoms with Gasteiger partial charge in [0.15, 0.2) is 9.84 Å². The molecule has 2 unspecified atom stereocenters. The first-order chi connectivity index (χ1) is 9.88. The van der Waals surface area contributed by atoms with Crippen LogP contribution in [0.3, 0.4) is 0 Å².